The Labute approximate surface area is 180 Å². The predicted octanol–water partition coefficient (Wildman–Crippen LogP) is 3.80. The Hall–Kier alpha value is -2.67. The molecular formula is C23H25ClN4O2. The molecule has 1 fully saturated rings. The lowest BCUT2D eigenvalue weighted by Crippen LogP contribution is -2.45. The number of aliphatic hydroxyl groups excluding tert-OH is 1. The van der Waals surface area contributed by atoms with Crippen LogP contribution in [0.4, 0.5) is 5.69 Å². The Morgan fingerprint density at radius 1 is 1.17 bits per heavy atom. The first-order valence-corrected chi connectivity index (χ1v) is 10.5. The van der Waals surface area contributed by atoms with Crippen LogP contribution in [0.5, 0.6) is 0 Å². The minimum Gasteiger partial charge on any atom is -0.391 e. The van der Waals surface area contributed by atoms with Gasteiger partial charge in [0.25, 0.3) is 5.91 Å². The lowest BCUT2D eigenvalue weighted by molar-refractivity contribution is 0.0718. The number of hydrazine groups is 1. The van der Waals surface area contributed by atoms with Gasteiger partial charge in [0, 0.05) is 11.6 Å². The molecule has 1 aliphatic carbocycles. The van der Waals surface area contributed by atoms with Crippen molar-refractivity contribution in [3.63, 3.8) is 0 Å². The molecule has 0 unspecified atom stereocenters. The zero-order valence-electron chi connectivity index (χ0n) is 16.6. The number of nitrogen functional groups attached to an aromatic ring is 1. The first-order valence-electron chi connectivity index (χ1n) is 10.2. The van der Waals surface area contributed by atoms with Crippen molar-refractivity contribution in [2.24, 2.45) is 5.84 Å². The number of halogens is 1. The SMILES string of the molecule is NNc1c(C(=O)N[C@H]2CCCC[C@@H]2O)cc(Cc2ccc(Cl)nc2)c2ccccc12. The lowest BCUT2D eigenvalue weighted by Gasteiger charge is -2.28. The second-order valence-electron chi connectivity index (χ2n) is 7.75. The highest BCUT2D eigenvalue weighted by atomic mass is 35.5. The van der Waals surface area contributed by atoms with Crippen molar-refractivity contribution in [1.29, 1.82) is 0 Å². The Kier molecular flexibility index (Phi) is 6.18. The summed E-state index contributed by atoms with van der Waals surface area (Å²) in [6.45, 7) is 0. The molecule has 0 bridgehead atoms. The van der Waals surface area contributed by atoms with Crippen molar-refractivity contribution in [3.05, 3.63) is 70.5 Å². The molecule has 3 aromatic rings. The fraction of sp³-hybridized carbons (Fsp3) is 0.304. The number of pyridine rings is 1. The first kappa shape index (κ1) is 20.6. The van der Waals surface area contributed by atoms with Gasteiger partial charge in [-0.05, 0) is 47.9 Å². The Bertz CT molecular complexity index is 1060. The van der Waals surface area contributed by atoms with Crippen molar-refractivity contribution >= 4 is 34.0 Å². The number of carbonyl (C=O) groups is 1. The van der Waals surface area contributed by atoms with Crippen molar-refractivity contribution < 1.29 is 9.90 Å². The second kappa shape index (κ2) is 9.00. The topological polar surface area (TPSA) is 100 Å². The number of rotatable bonds is 5. The smallest absolute Gasteiger partial charge is 0.253 e. The minimum absolute atomic E-state index is 0.241. The van der Waals surface area contributed by atoms with Gasteiger partial charge in [-0.2, -0.15) is 0 Å². The molecule has 1 amide bonds. The average Bonchev–Trinajstić information content (AvgIpc) is 2.76. The lowest BCUT2D eigenvalue weighted by atomic mass is 9.91. The van der Waals surface area contributed by atoms with Crippen molar-refractivity contribution in [2.45, 2.75) is 44.2 Å². The standard InChI is InChI=1S/C23H25ClN4O2/c24-21-10-9-14(13-26-21)11-15-12-18(22(28-25)17-6-2-1-5-16(15)17)23(30)27-19-7-3-4-8-20(19)29/h1-2,5-6,9-10,12-13,19-20,28-29H,3-4,7-8,11,25H2,(H,27,30)/t19-,20-/m0/s1. The van der Waals surface area contributed by atoms with Crippen LogP contribution in [0.2, 0.25) is 5.15 Å². The fourth-order valence-corrected chi connectivity index (χ4v) is 4.30. The van der Waals surface area contributed by atoms with Gasteiger partial charge in [0.1, 0.15) is 5.15 Å². The van der Waals surface area contributed by atoms with E-state index in [4.69, 9.17) is 17.4 Å². The normalized spacial score (nSPS) is 18.9. The van der Waals surface area contributed by atoms with Gasteiger partial charge in [0.05, 0.1) is 23.4 Å². The monoisotopic (exact) mass is 424 g/mol. The molecule has 0 aliphatic heterocycles. The molecule has 0 spiro atoms. The van der Waals surface area contributed by atoms with Crippen LogP contribution in [0.3, 0.4) is 0 Å². The maximum absolute atomic E-state index is 13.2. The summed E-state index contributed by atoms with van der Waals surface area (Å²) in [5.41, 5.74) is 5.73. The summed E-state index contributed by atoms with van der Waals surface area (Å²) >= 11 is 5.91. The van der Waals surface area contributed by atoms with Crippen LogP contribution in [0.25, 0.3) is 10.8 Å². The predicted molar refractivity (Wildman–Crippen MR) is 120 cm³/mol. The van der Waals surface area contributed by atoms with E-state index in [0.29, 0.717) is 29.2 Å². The van der Waals surface area contributed by atoms with Crippen LogP contribution < -0.4 is 16.6 Å². The van der Waals surface area contributed by atoms with Crippen molar-refractivity contribution in [3.8, 4) is 0 Å². The molecule has 5 N–H and O–H groups in total. The van der Waals surface area contributed by atoms with Gasteiger partial charge in [0.2, 0.25) is 0 Å². The third-order valence-electron chi connectivity index (χ3n) is 5.75. The summed E-state index contributed by atoms with van der Waals surface area (Å²) in [4.78, 5) is 17.3. The van der Waals surface area contributed by atoms with Crippen LogP contribution >= 0.6 is 11.6 Å². The second-order valence-corrected chi connectivity index (χ2v) is 8.13. The van der Waals surface area contributed by atoms with Crippen LogP contribution in [-0.4, -0.2) is 28.1 Å². The number of nitrogens with one attached hydrogen (secondary N) is 2. The van der Waals surface area contributed by atoms with E-state index >= 15 is 0 Å². The molecule has 0 saturated heterocycles. The highest BCUT2D eigenvalue weighted by molar-refractivity contribution is 6.29. The van der Waals surface area contributed by atoms with Gasteiger partial charge in [-0.1, -0.05) is 54.8 Å². The van der Waals surface area contributed by atoms with Gasteiger partial charge in [-0.15, -0.1) is 0 Å². The zero-order chi connectivity index (χ0) is 21.1. The Morgan fingerprint density at radius 3 is 2.63 bits per heavy atom. The molecule has 1 saturated carbocycles. The van der Waals surface area contributed by atoms with E-state index in [9.17, 15) is 9.90 Å². The molecular weight excluding hydrogens is 400 g/mol. The maximum Gasteiger partial charge on any atom is 0.253 e. The summed E-state index contributed by atoms with van der Waals surface area (Å²) in [5, 5.41) is 15.6. The number of amides is 1. The van der Waals surface area contributed by atoms with Crippen LogP contribution in [0.15, 0.2) is 48.7 Å². The van der Waals surface area contributed by atoms with E-state index in [2.05, 4.69) is 15.7 Å². The van der Waals surface area contributed by atoms with E-state index in [1.807, 2.05) is 36.4 Å². The van der Waals surface area contributed by atoms with Crippen LogP contribution in [0.1, 0.15) is 47.2 Å². The average molecular weight is 425 g/mol. The number of hydrogen-bond donors (Lipinski definition) is 4. The summed E-state index contributed by atoms with van der Waals surface area (Å²) in [6, 6.07) is 13.2. The summed E-state index contributed by atoms with van der Waals surface area (Å²) in [7, 11) is 0. The van der Waals surface area contributed by atoms with E-state index in [1.54, 1.807) is 12.3 Å². The number of carbonyl (C=O) groups excluding carboxylic acids is 1. The van der Waals surface area contributed by atoms with E-state index < -0.39 is 6.10 Å². The fourth-order valence-electron chi connectivity index (χ4n) is 4.19. The highest BCUT2D eigenvalue weighted by Crippen LogP contribution is 2.32. The highest BCUT2D eigenvalue weighted by Gasteiger charge is 2.26. The molecule has 4 rings (SSSR count). The number of nitrogens with two attached hydrogens (primary N) is 1. The van der Waals surface area contributed by atoms with Crippen molar-refractivity contribution in [2.75, 3.05) is 5.43 Å². The maximum atomic E-state index is 13.2. The largest absolute Gasteiger partial charge is 0.391 e. The molecule has 1 heterocycles. The number of fused-ring (bicyclic) bond motifs is 1. The molecule has 156 valence electrons. The molecule has 6 nitrogen and oxygen atoms in total. The molecule has 1 aromatic heterocycles. The van der Waals surface area contributed by atoms with E-state index in [1.165, 1.54) is 0 Å². The van der Waals surface area contributed by atoms with Crippen LogP contribution in [0, 0.1) is 0 Å². The first-order chi connectivity index (χ1) is 14.6. The molecule has 1 aliphatic rings. The minimum atomic E-state index is -0.517. The molecule has 0 radical (unpaired) electrons. The van der Waals surface area contributed by atoms with Gasteiger partial charge < -0.3 is 15.8 Å². The third-order valence-corrected chi connectivity index (χ3v) is 5.97. The number of anilines is 1. The Morgan fingerprint density at radius 2 is 1.93 bits per heavy atom. The van der Waals surface area contributed by atoms with Crippen LogP contribution in [-0.2, 0) is 6.42 Å². The van der Waals surface area contributed by atoms with Crippen molar-refractivity contribution in [1.82, 2.24) is 10.3 Å². The van der Waals surface area contributed by atoms with Gasteiger partial charge in [-0.3, -0.25) is 10.6 Å². The molecule has 2 aromatic carbocycles. The number of nitrogens with zero attached hydrogens (tertiary/aromatic N) is 1. The zero-order valence-corrected chi connectivity index (χ0v) is 17.3. The molecule has 7 heteroatoms. The quantitative estimate of drug-likeness (QED) is 0.283. The van der Waals surface area contributed by atoms with Gasteiger partial charge in [0.15, 0.2) is 0 Å². The summed E-state index contributed by atoms with van der Waals surface area (Å²) in [6.07, 6.45) is 5.28. The molecule has 30 heavy (non-hydrogen) atoms. The van der Waals surface area contributed by atoms with Gasteiger partial charge in [-0.25, -0.2) is 4.98 Å². The number of hydrogen-bond acceptors (Lipinski definition) is 5. The van der Waals surface area contributed by atoms with E-state index in [0.717, 1.165) is 41.2 Å². The summed E-state index contributed by atoms with van der Waals surface area (Å²) < 4.78 is 0. The molecule has 2 atom stereocenters. The van der Waals surface area contributed by atoms with Gasteiger partial charge >= 0.3 is 0 Å². The Balaban J connectivity index is 1.74. The summed E-state index contributed by atoms with van der Waals surface area (Å²) in [5.74, 6) is 5.59. The van der Waals surface area contributed by atoms with E-state index in [-0.39, 0.29) is 11.9 Å². The number of aromatic nitrogens is 1. The third kappa shape index (κ3) is 4.26. The number of aliphatic hydroxyl groups is 1. The number of benzene rings is 2.